The van der Waals surface area contributed by atoms with Gasteiger partial charge in [0.2, 0.25) is 0 Å². The Bertz CT molecular complexity index is 218. The summed E-state index contributed by atoms with van der Waals surface area (Å²) in [6.45, 7) is 3.24. The number of fused-ring (bicyclic) bond motifs is 2. The van der Waals surface area contributed by atoms with Gasteiger partial charge in [0.15, 0.2) is 5.60 Å². The second kappa shape index (κ2) is 2.20. The lowest BCUT2D eigenvalue weighted by Gasteiger charge is -2.25. The molecule has 0 saturated carbocycles. The molecule has 4 heteroatoms. The Kier molecular flexibility index (Phi) is 1.47. The molecule has 0 aromatic rings. The number of methoxy groups -OCH3 is 1. The second-order valence-corrected chi connectivity index (χ2v) is 3.87. The Morgan fingerprint density at radius 1 is 1.67 bits per heavy atom. The van der Waals surface area contributed by atoms with Crippen LogP contribution in [0.15, 0.2) is 0 Å². The van der Waals surface area contributed by atoms with Crippen molar-refractivity contribution in [2.45, 2.75) is 24.5 Å². The van der Waals surface area contributed by atoms with Gasteiger partial charge < -0.3 is 14.8 Å². The van der Waals surface area contributed by atoms with Crippen LogP contribution in [-0.4, -0.2) is 37.4 Å². The molecule has 2 atom stereocenters. The number of hydrogen-bond acceptors (Lipinski definition) is 4. The zero-order chi connectivity index (χ0) is 8.82. The quantitative estimate of drug-likeness (QED) is 0.549. The fourth-order valence-corrected chi connectivity index (χ4v) is 2.00. The molecule has 0 aromatic heterocycles. The summed E-state index contributed by atoms with van der Waals surface area (Å²) in [6, 6.07) is 0. The summed E-state index contributed by atoms with van der Waals surface area (Å²) in [6.07, 6.45) is 0.729. The van der Waals surface area contributed by atoms with Crippen LogP contribution in [0.1, 0.15) is 13.3 Å². The summed E-state index contributed by atoms with van der Waals surface area (Å²) in [7, 11) is 1.40. The lowest BCUT2D eigenvalue weighted by Crippen LogP contribution is -2.48. The lowest BCUT2D eigenvalue weighted by molar-refractivity contribution is -0.163. The molecule has 2 rings (SSSR count). The van der Waals surface area contributed by atoms with E-state index in [1.807, 2.05) is 0 Å². The third kappa shape index (κ3) is 0.881. The number of morpholine rings is 1. The average molecular weight is 171 g/mol. The minimum atomic E-state index is -0.691. The number of hydrogen-bond donors (Lipinski definition) is 1. The van der Waals surface area contributed by atoms with E-state index in [-0.39, 0.29) is 11.5 Å². The second-order valence-electron chi connectivity index (χ2n) is 3.87. The molecule has 0 aromatic carbocycles. The molecular weight excluding hydrogens is 158 g/mol. The van der Waals surface area contributed by atoms with Gasteiger partial charge in [0, 0.05) is 18.5 Å². The maximum atomic E-state index is 11.3. The SMILES string of the molecule is COC(=O)C12CNC(C)(CO1)C2. The van der Waals surface area contributed by atoms with Crippen molar-refractivity contribution in [1.29, 1.82) is 0 Å². The summed E-state index contributed by atoms with van der Waals surface area (Å²) in [5.41, 5.74) is -0.711. The van der Waals surface area contributed by atoms with Gasteiger partial charge >= 0.3 is 5.97 Å². The Morgan fingerprint density at radius 2 is 2.42 bits per heavy atom. The number of ether oxygens (including phenoxy) is 2. The maximum Gasteiger partial charge on any atom is 0.339 e. The van der Waals surface area contributed by atoms with Gasteiger partial charge in [-0.15, -0.1) is 0 Å². The van der Waals surface area contributed by atoms with E-state index in [1.165, 1.54) is 7.11 Å². The molecule has 2 bridgehead atoms. The van der Waals surface area contributed by atoms with E-state index in [0.717, 1.165) is 6.42 Å². The largest absolute Gasteiger partial charge is 0.467 e. The van der Waals surface area contributed by atoms with E-state index >= 15 is 0 Å². The Hall–Kier alpha value is -0.610. The molecule has 2 saturated heterocycles. The fourth-order valence-electron chi connectivity index (χ4n) is 2.00. The summed E-state index contributed by atoms with van der Waals surface area (Å²) < 4.78 is 10.2. The zero-order valence-electron chi connectivity index (χ0n) is 7.35. The van der Waals surface area contributed by atoms with E-state index in [0.29, 0.717) is 13.2 Å². The van der Waals surface area contributed by atoms with Gasteiger partial charge in [-0.05, 0) is 6.92 Å². The first-order valence-electron chi connectivity index (χ1n) is 4.08. The molecule has 2 aliphatic heterocycles. The highest BCUT2D eigenvalue weighted by Crippen LogP contribution is 2.39. The number of carbonyl (C=O) groups is 1. The first-order valence-corrected chi connectivity index (χ1v) is 4.08. The van der Waals surface area contributed by atoms with Gasteiger partial charge in [-0.1, -0.05) is 0 Å². The van der Waals surface area contributed by atoms with Crippen LogP contribution in [0.3, 0.4) is 0 Å². The topological polar surface area (TPSA) is 47.6 Å². The molecule has 2 heterocycles. The molecule has 4 nitrogen and oxygen atoms in total. The molecular formula is C8H13NO3. The number of carbonyl (C=O) groups excluding carboxylic acids is 1. The first-order chi connectivity index (χ1) is 5.60. The standard InChI is InChI=1S/C8H13NO3/c1-7-3-8(4-9-7,12-5-7)6(10)11-2/h9H,3-5H2,1-2H3. The Labute approximate surface area is 71.2 Å². The van der Waals surface area contributed by atoms with Crippen LogP contribution in [-0.2, 0) is 14.3 Å². The van der Waals surface area contributed by atoms with Crippen LogP contribution in [0, 0.1) is 0 Å². The van der Waals surface area contributed by atoms with Crippen LogP contribution in [0.2, 0.25) is 0 Å². The predicted molar refractivity (Wildman–Crippen MR) is 41.7 cm³/mol. The van der Waals surface area contributed by atoms with Crippen LogP contribution in [0.4, 0.5) is 0 Å². The minimum Gasteiger partial charge on any atom is -0.467 e. The molecule has 0 spiro atoms. The van der Waals surface area contributed by atoms with Crippen molar-refractivity contribution in [3.63, 3.8) is 0 Å². The van der Waals surface area contributed by atoms with Crippen molar-refractivity contribution < 1.29 is 14.3 Å². The molecule has 2 unspecified atom stereocenters. The molecule has 1 N–H and O–H groups in total. The van der Waals surface area contributed by atoms with Crippen LogP contribution < -0.4 is 5.32 Å². The van der Waals surface area contributed by atoms with Gasteiger partial charge in [-0.25, -0.2) is 4.79 Å². The molecule has 12 heavy (non-hydrogen) atoms. The van der Waals surface area contributed by atoms with Crippen molar-refractivity contribution >= 4 is 5.97 Å². The third-order valence-electron chi connectivity index (χ3n) is 2.70. The smallest absolute Gasteiger partial charge is 0.339 e. The van der Waals surface area contributed by atoms with Crippen molar-refractivity contribution in [1.82, 2.24) is 5.32 Å². The monoisotopic (exact) mass is 171 g/mol. The van der Waals surface area contributed by atoms with Crippen molar-refractivity contribution in [3.05, 3.63) is 0 Å². The highest BCUT2D eigenvalue weighted by atomic mass is 16.6. The number of rotatable bonds is 1. The third-order valence-corrected chi connectivity index (χ3v) is 2.70. The van der Waals surface area contributed by atoms with Crippen molar-refractivity contribution in [2.24, 2.45) is 0 Å². The Morgan fingerprint density at radius 3 is 2.75 bits per heavy atom. The van der Waals surface area contributed by atoms with Crippen LogP contribution >= 0.6 is 0 Å². The highest BCUT2D eigenvalue weighted by molar-refractivity contribution is 5.81. The molecule has 68 valence electrons. The molecule has 2 aliphatic rings. The molecule has 0 aliphatic carbocycles. The predicted octanol–water partition coefficient (Wildman–Crippen LogP) is -0.320. The van der Waals surface area contributed by atoms with Gasteiger partial charge in [0.1, 0.15) is 0 Å². The van der Waals surface area contributed by atoms with Crippen molar-refractivity contribution in [3.8, 4) is 0 Å². The van der Waals surface area contributed by atoms with Gasteiger partial charge in [0.25, 0.3) is 0 Å². The van der Waals surface area contributed by atoms with Crippen molar-refractivity contribution in [2.75, 3.05) is 20.3 Å². The molecule has 0 amide bonds. The normalized spacial score (nSPS) is 44.8. The Balaban J connectivity index is 2.20. The van der Waals surface area contributed by atoms with E-state index in [1.54, 1.807) is 0 Å². The van der Waals surface area contributed by atoms with Gasteiger partial charge in [-0.2, -0.15) is 0 Å². The summed E-state index contributed by atoms with van der Waals surface area (Å²) >= 11 is 0. The number of nitrogens with one attached hydrogen (secondary N) is 1. The lowest BCUT2D eigenvalue weighted by atomic mass is 9.96. The summed E-state index contributed by atoms with van der Waals surface area (Å²) in [5, 5.41) is 3.26. The highest BCUT2D eigenvalue weighted by Gasteiger charge is 2.58. The van der Waals surface area contributed by atoms with E-state index in [9.17, 15) is 4.79 Å². The summed E-state index contributed by atoms with van der Waals surface area (Å²) in [5.74, 6) is -0.253. The van der Waals surface area contributed by atoms with Gasteiger partial charge in [-0.3, -0.25) is 0 Å². The van der Waals surface area contributed by atoms with Crippen LogP contribution in [0.5, 0.6) is 0 Å². The van der Waals surface area contributed by atoms with E-state index < -0.39 is 5.60 Å². The zero-order valence-corrected chi connectivity index (χ0v) is 7.35. The van der Waals surface area contributed by atoms with E-state index in [2.05, 4.69) is 12.2 Å². The van der Waals surface area contributed by atoms with Gasteiger partial charge in [0.05, 0.1) is 13.7 Å². The fraction of sp³-hybridized carbons (Fsp3) is 0.875. The maximum absolute atomic E-state index is 11.3. The van der Waals surface area contributed by atoms with Crippen LogP contribution in [0.25, 0.3) is 0 Å². The number of esters is 1. The summed E-state index contributed by atoms with van der Waals surface area (Å²) in [4.78, 5) is 11.3. The average Bonchev–Trinajstić information content (AvgIpc) is 2.57. The van der Waals surface area contributed by atoms with E-state index in [4.69, 9.17) is 9.47 Å². The first kappa shape index (κ1) is 8.01. The molecule has 2 fully saturated rings. The molecule has 0 radical (unpaired) electrons. The minimum absolute atomic E-state index is 0.0197.